The van der Waals surface area contributed by atoms with E-state index in [1.807, 2.05) is 0 Å². The Morgan fingerprint density at radius 2 is 1.75 bits per heavy atom. The SMILES string of the molecule is CC1(C)CC(NC(=O)C2CCCNC2)CC(C)(C)C1.Cl. The zero-order valence-electron chi connectivity index (χ0n) is 13.4. The molecule has 0 aromatic carbocycles. The second kappa shape index (κ2) is 6.65. The summed E-state index contributed by atoms with van der Waals surface area (Å²) in [6.07, 6.45) is 5.64. The Kier molecular flexibility index (Phi) is 5.91. The van der Waals surface area contributed by atoms with Gasteiger partial charge in [0.25, 0.3) is 0 Å². The zero-order valence-corrected chi connectivity index (χ0v) is 14.2. The maximum Gasteiger partial charge on any atom is 0.224 e. The van der Waals surface area contributed by atoms with Crippen LogP contribution in [0.3, 0.4) is 0 Å². The summed E-state index contributed by atoms with van der Waals surface area (Å²) in [5, 5.41) is 6.65. The molecule has 118 valence electrons. The molecule has 1 aliphatic carbocycles. The lowest BCUT2D eigenvalue weighted by atomic mass is 9.63. The van der Waals surface area contributed by atoms with Gasteiger partial charge in [0.15, 0.2) is 0 Å². The normalized spacial score (nSPS) is 29.3. The highest BCUT2D eigenvalue weighted by atomic mass is 35.5. The monoisotopic (exact) mass is 302 g/mol. The van der Waals surface area contributed by atoms with E-state index < -0.39 is 0 Å². The molecule has 1 amide bonds. The van der Waals surface area contributed by atoms with Crippen molar-refractivity contribution in [1.29, 1.82) is 0 Å². The Labute approximate surface area is 130 Å². The molecule has 1 saturated carbocycles. The Morgan fingerprint density at radius 3 is 2.25 bits per heavy atom. The zero-order chi connectivity index (χ0) is 14.1. The van der Waals surface area contributed by atoms with Crippen molar-refractivity contribution in [1.82, 2.24) is 10.6 Å². The van der Waals surface area contributed by atoms with Gasteiger partial charge < -0.3 is 10.6 Å². The maximum atomic E-state index is 12.3. The third kappa shape index (κ3) is 4.92. The fourth-order valence-electron chi connectivity index (χ4n) is 4.34. The van der Waals surface area contributed by atoms with Crippen LogP contribution in [-0.4, -0.2) is 25.0 Å². The first kappa shape index (κ1) is 17.8. The van der Waals surface area contributed by atoms with E-state index in [1.54, 1.807) is 0 Å². The molecule has 0 aromatic rings. The summed E-state index contributed by atoms with van der Waals surface area (Å²) in [7, 11) is 0. The van der Waals surface area contributed by atoms with Gasteiger partial charge in [0.1, 0.15) is 0 Å². The Morgan fingerprint density at radius 1 is 1.15 bits per heavy atom. The van der Waals surface area contributed by atoms with Crippen molar-refractivity contribution < 1.29 is 4.79 Å². The van der Waals surface area contributed by atoms with E-state index >= 15 is 0 Å². The van der Waals surface area contributed by atoms with Crippen LogP contribution < -0.4 is 10.6 Å². The van der Waals surface area contributed by atoms with Crippen molar-refractivity contribution in [2.45, 2.75) is 65.8 Å². The van der Waals surface area contributed by atoms with E-state index in [1.165, 1.54) is 6.42 Å². The quantitative estimate of drug-likeness (QED) is 0.823. The van der Waals surface area contributed by atoms with Gasteiger partial charge in [-0.2, -0.15) is 0 Å². The Hall–Kier alpha value is -0.280. The van der Waals surface area contributed by atoms with Crippen molar-refractivity contribution >= 4 is 18.3 Å². The summed E-state index contributed by atoms with van der Waals surface area (Å²) < 4.78 is 0. The molecular formula is C16H31ClN2O. The van der Waals surface area contributed by atoms with Gasteiger partial charge in [0.05, 0.1) is 5.92 Å². The first-order valence-corrected chi connectivity index (χ1v) is 7.79. The smallest absolute Gasteiger partial charge is 0.224 e. The summed E-state index contributed by atoms with van der Waals surface area (Å²) >= 11 is 0. The highest BCUT2D eigenvalue weighted by Gasteiger charge is 2.39. The van der Waals surface area contributed by atoms with E-state index in [2.05, 4.69) is 38.3 Å². The molecule has 1 aliphatic heterocycles. The summed E-state index contributed by atoms with van der Waals surface area (Å²) in [6, 6.07) is 0.355. The van der Waals surface area contributed by atoms with Gasteiger partial charge >= 0.3 is 0 Å². The minimum absolute atomic E-state index is 0. The molecule has 2 rings (SSSR count). The van der Waals surface area contributed by atoms with Crippen LogP contribution in [0.2, 0.25) is 0 Å². The van der Waals surface area contributed by atoms with Gasteiger partial charge in [-0.05, 0) is 49.5 Å². The lowest BCUT2D eigenvalue weighted by Gasteiger charge is -2.45. The van der Waals surface area contributed by atoms with E-state index in [4.69, 9.17) is 0 Å². The summed E-state index contributed by atoms with van der Waals surface area (Å²) in [6.45, 7) is 11.2. The number of rotatable bonds is 2. The molecule has 2 N–H and O–H groups in total. The predicted molar refractivity (Wildman–Crippen MR) is 86.2 cm³/mol. The molecule has 20 heavy (non-hydrogen) atoms. The summed E-state index contributed by atoms with van der Waals surface area (Å²) in [5.74, 6) is 0.451. The largest absolute Gasteiger partial charge is 0.353 e. The van der Waals surface area contributed by atoms with Crippen LogP contribution in [-0.2, 0) is 4.79 Å². The van der Waals surface area contributed by atoms with Crippen molar-refractivity contribution in [2.24, 2.45) is 16.7 Å². The molecule has 0 bridgehead atoms. The van der Waals surface area contributed by atoms with E-state index in [9.17, 15) is 4.79 Å². The fraction of sp³-hybridized carbons (Fsp3) is 0.938. The van der Waals surface area contributed by atoms with E-state index in [0.29, 0.717) is 16.9 Å². The van der Waals surface area contributed by atoms with E-state index in [0.717, 1.165) is 38.8 Å². The number of carbonyl (C=O) groups is 1. The molecule has 1 unspecified atom stereocenters. The average molecular weight is 303 g/mol. The van der Waals surface area contributed by atoms with Crippen LogP contribution in [0.5, 0.6) is 0 Å². The topological polar surface area (TPSA) is 41.1 Å². The van der Waals surface area contributed by atoms with Gasteiger partial charge in [0.2, 0.25) is 5.91 Å². The van der Waals surface area contributed by atoms with Gasteiger partial charge in [-0.3, -0.25) is 4.79 Å². The standard InChI is InChI=1S/C16H30N2O.ClH/c1-15(2)8-13(9-16(3,4)11-15)18-14(19)12-6-5-7-17-10-12;/h12-13,17H,5-11H2,1-4H3,(H,18,19);1H. The van der Waals surface area contributed by atoms with Crippen LogP contribution in [0, 0.1) is 16.7 Å². The van der Waals surface area contributed by atoms with Crippen LogP contribution in [0.1, 0.15) is 59.8 Å². The number of carbonyl (C=O) groups excluding carboxylic acids is 1. The van der Waals surface area contributed by atoms with Crippen LogP contribution in [0.4, 0.5) is 0 Å². The number of amides is 1. The minimum atomic E-state index is 0. The number of hydrogen-bond donors (Lipinski definition) is 2. The fourth-order valence-corrected chi connectivity index (χ4v) is 4.34. The molecule has 0 radical (unpaired) electrons. The van der Waals surface area contributed by atoms with Gasteiger partial charge in [-0.1, -0.05) is 27.7 Å². The molecule has 1 atom stereocenters. The molecule has 3 nitrogen and oxygen atoms in total. The number of halogens is 1. The molecular weight excluding hydrogens is 272 g/mol. The number of hydrogen-bond acceptors (Lipinski definition) is 2. The molecule has 2 aliphatic rings. The van der Waals surface area contributed by atoms with Crippen molar-refractivity contribution in [2.75, 3.05) is 13.1 Å². The minimum Gasteiger partial charge on any atom is -0.353 e. The average Bonchev–Trinajstić information content (AvgIpc) is 2.25. The van der Waals surface area contributed by atoms with E-state index in [-0.39, 0.29) is 24.2 Å². The predicted octanol–water partition coefficient (Wildman–Crippen LogP) is 3.13. The van der Waals surface area contributed by atoms with Crippen LogP contribution in [0.25, 0.3) is 0 Å². The highest BCUT2D eigenvalue weighted by molar-refractivity contribution is 5.85. The number of nitrogens with one attached hydrogen (secondary N) is 2. The van der Waals surface area contributed by atoms with Gasteiger partial charge in [0, 0.05) is 12.6 Å². The highest BCUT2D eigenvalue weighted by Crippen LogP contribution is 2.45. The van der Waals surface area contributed by atoms with Gasteiger partial charge in [-0.15, -0.1) is 12.4 Å². The van der Waals surface area contributed by atoms with Crippen molar-refractivity contribution in [3.63, 3.8) is 0 Å². The lowest BCUT2D eigenvalue weighted by Crippen LogP contribution is -2.49. The Balaban J connectivity index is 0.00000200. The summed E-state index contributed by atoms with van der Waals surface area (Å²) in [4.78, 5) is 12.3. The molecule has 1 saturated heterocycles. The second-order valence-electron chi connectivity index (χ2n) is 8.16. The van der Waals surface area contributed by atoms with Gasteiger partial charge in [-0.25, -0.2) is 0 Å². The second-order valence-corrected chi connectivity index (χ2v) is 8.16. The third-order valence-electron chi connectivity index (χ3n) is 4.57. The van der Waals surface area contributed by atoms with Crippen LogP contribution in [0.15, 0.2) is 0 Å². The lowest BCUT2D eigenvalue weighted by molar-refractivity contribution is -0.127. The van der Waals surface area contributed by atoms with Crippen LogP contribution >= 0.6 is 12.4 Å². The molecule has 0 aromatic heterocycles. The third-order valence-corrected chi connectivity index (χ3v) is 4.57. The first-order valence-electron chi connectivity index (χ1n) is 7.79. The maximum absolute atomic E-state index is 12.3. The van der Waals surface area contributed by atoms with Crippen molar-refractivity contribution in [3.05, 3.63) is 0 Å². The number of piperidine rings is 1. The molecule has 0 spiro atoms. The molecule has 1 heterocycles. The summed E-state index contributed by atoms with van der Waals surface area (Å²) in [5.41, 5.74) is 0.676. The molecule has 2 fully saturated rings. The first-order chi connectivity index (χ1) is 8.77. The molecule has 4 heteroatoms. The Bertz CT molecular complexity index is 319. The van der Waals surface area contributed by atoms with Crippen molar-refractivity contribution in [3.8, 4) is 0 Å².